The maximum Gasteiger partial charge on any atom is 0.253 e. The summed E-state index contributed by atoms with van der Waals surface area (Å²) >= 11 is 0. The van der Waals surface area contributed by atoms with Gasteiger partial charge in [-0.25, -0.2) is 9.07 Å². The van der Waals surface area contributed by atoms with E-state index >= 15 is 0 Å². The molecule has 0 spiro atoms. The molecule has 0 bridgehead atoms. The lowest BCUT2D eigenvalue weighted by atomic mass is 10.1. The minimum Gasteiger partial charge on any atom is -0.381 e. The summed E-state index contributed by atoms with van der Waals surface area (Å²) in [6, 6.07) is 9.81. The molecule has 1 fully saturated rings. The van der Waals surface area contributed by atoms with Crippen LogP contribution in [0.4, 0.5) is 4.39 Å². The van der Waals surface area contributed by atoms with Crippen LogP contribution in [0.3, 0.4) is 0 Å². The smallest absolute Gasteiger partial charge is 0.253 e. The number of carbonyl (C=O) groups is 1. The molecule has 8 heteroatoms. The number of halogens is 1. The third-order valence-corrected chi connectivity index (χ3v) is 5.00. The van der Waals surface area contributed by atoms with Gasteiger partial charge in [-0.2, -0.15) is 0 Å². The fourth-order valence-corrected chi connectivity index (χ4v) is 3.28. The van der Waals surface area contributed by atoms with E-state index in [1.165, 1.54) is 12.1 Å². The summed E-state index contributed by atoms with van der Waals surface area (Å²) in [4.78, 5) is 16.7. The number of hydrogen-bond donors (Lipinski definition) is 1. The van der Waals surface area contributed by atoms with Crippen molar-refractivity contribution in [2.24, 2.45) is 7.05 Å². The quantitative estimate of drug-likeness (QED) is 0.703. The molecule has 0 unspecified atom stereocenters. The minimum atomic E-state index is -0.301. The number of aryl methyl sites for hydroxylation is 1. The van der Waals surface area contributed by atoms with Crippen LogP contribution < -0.4 is 5.32 Å². The first-order valence-corrected chi connectivity index (χ1v) is 9.78. The van der Waals surface area contributed by atoms with Gasteiger partial charge < -0.3 is 10.1 Å². The van der Waals surface area contributed by atoms with Crippen LogP contribution in [-0.4, -0.2) is 45.1 Å². The highest BCUT2D eigenvalue weighted by molar-refractivity contribution is 5.94. The predicted molar refractivity (Wildman–Crippen MR) is 111 cm³/mol. The van der Waals surface area contributed by atoms with Crippen LogP contribution in [-0.2, 0) is 11.8 Å². The summed E-state index contributed by atoms with van der Waals surface area (Å²) in [6.45, 7) is 1.35. The first kappa shape index (κ1) is 19.9. The second-order valence-corrected chi connectivity index (χ2v) is 7.12. The van der Waals surface area contributed by atoms with E-state index < -0.39 is 0 Å². The number of pyridine rings is 1. The third kappa shape index (κ3) is 4.60. The summed E-state index contributed by atoms with van der Waals surface area (Å²) in [6.07, 6.45) is 6.90. The van der Waals surface area contributed by atoms with Crippen molar-refractivity contribution >= 4 is 18.1 Å². The highest BCUT2D eigenvalue weighted by atomic mass is 19.1. The Bertz CT molecular complexity index is 1040. The number of hydrogen-bond acceptors (Lipinski definition) is 5. The monoisotopic (exact) mass is 407 g/mol. The van der Waals surface area contributed by atoms with Gasteiger partial charge in [-0.1, -0.05) is 5.21 Å². The lowest BCUT2D eigenvalue weighted by Gasteiger charge is -2.23. The van der Waals surface area contributed by atoms with Crippen molar-refractivity contribution in [2.75, 3.05) is 13.2 Å². The molecule has 154 valence electrons. The van der Waals surface area contributed by atoms with Gasteiger partial charge in [-0.05, 0) is 61.4 Å². The van der Waals surface area contributed by atoms with Gasteiger partial charge in [0, 0.05) is 38.1 Å². The van der Waals surface area contributed by atoms with E-state index in [0.29, 0.717) is 30.2 Å². The Balaban J connectivity index is 1.46. The van der Waals surface area contributed by atoms with E-state index in [2.05, 4.69) is 20.6 Å². The third-order valence-electron chi connectivity index (χ3n) is 5.00. The Morgan fingerprint density at radius 2 is 1.93 bits per heavy atom. The van der Waals surface area contributed by atoms with Gasteiger partial charge in [-0.3, -0.25) is 9.78 Å². The van der Waals surface area contributed by atoms with Crippen molar-refractivity contribution in [3.8, 4) is 11.3 Å². The lowest BCUT2D eigenvalue weighted by molar-refractivity contribution is 0.0696. The van der Waals surface area contributed by atoms with Crippen molar-refractivity contribution in [3.05, 3.63) is 65.4 Å². The van der Waals surface area contributed by atoms with Crippen molar-refractivity contribution < 1.29 is 13.9 Å². The van der Waals surface area contributed by atoms with Crippen LogP contribution >= 0.6 is 0 Å². The maximum atomic E-state index is 13.2. The first-order valence-electron chi connectivity index (χ1n) is 9.78. The van der Waals surface area contributed by atoms with E-state index in [9.17, 15) is 9.18 Å². The van der Waals surface area contributed by atoms with Gasteiger partial charge in [-0.15, -0.1) is 5.10 Å². The molecule has 0 atom stereocenters. The van der Waals surface area contributed by atoms with Crippen LogP contribution in [0.2, 0.25) is 0 Å². The lowest BCUT2D eigenvalue weighted by Crippen LogP contribution is -2.38. The molecular formula is C22H22FN5O2. The van der Waals surface area contributed by atoms with Gasteiger partial charge in [0.1, 0.15) is 11.5 Å². The Labute approximate surface area is 173 Å². The Morgan fingerprint density at radius 1 is 1.17 bits per heavy atom. The van der Waals surface area contributed by atoms with E-state index in [1.54, 1.807) is 42.2 Å². The number of rotatable bonds is 5. The van der Waals surface area contributed by atoms with Gasteiger partial charge in [0.15, 0.2) is 0 Å². The number of ether oxygens (including phenoxy) is 1. The SMILES string of the molecule is Cn1nnc(-c2ccc(F)cc2)c1/C=C/c1ccc(C(=O)NC2CCOCC2)cn1. The molecule has 3 heterocycles. The van der Waals surface area contributed by atoms with Crippen LogP contribution in [0.25, 0.3) is 23.4 Å². The maximum absolute atomic E-state index is 13.2. The molecule has 7 nitrogen and oxygen atoms in total. The molecule has 1 aromatic carbocycles. The predicted octanol–water partition coefficient (Wildman–Crippen LogP) is 3.10. The second-order valence-electron chi connectivity index (χ2n) is 7.12. The fourth-order valence-electron chi connectivity index (χ4n) is 3.28. The van der Waals surface area contributed by atoms with Crippen molar-refractivity contribution in [1.82, 2.24) is 25.3 Å². The Hall–Kier alpha value is -3.39. The average molecular weight is 407 g/mol. The second kappa shape index (κ2) is 8.96. The van der Waals surface area contributed by atoms with Crippen LogP contribution in [0.5, 0.6) is 0 Å². The van der Waals surface area contributed by atoms with Crippen LogP contribution in [0.15, 0.2) is 42.6 Å². The zero-order chi connectivity index (χ0) is 20.9. The molecule has 30 heavy (non-hydrogen) atoms. The van der Waals surface area contributed by atoms with Gasteiger partial charge in [0.2, 0.25) is 0 Å². The zero-order valence-corrected chi connectivity index (χ0v) is 16.6. The van der Waals surface area contributed by atoms with E-state index in [4.69, 9.17) is 4.74 Å². The molecule has 1 saturated heterocycles. The minimum absolute atomic E-state index is 0.126. The molecule has 3 aromatic rings. The average Bonchev–Trinajstić information content (AvgIpc) is 3.14. The highest BCUT2D eigenvalue weighted by Gasteiger charge is 2.17. The molecule has 0 radical (unpaired) electrons. The van der Waals surface area contributed by atoms with Gasteiger partial charge >= 0.3 is 0 Å². The molecule has 1 N–H and O–H groups in total. The fraction of sp³-hybridized carbons (Fsp3) is 0.273. The summed E-state index contributed by atoms with van der Waals surface area (Å²) in [7, 11) is 1.79. The molecule has 2 aromatic heterocycles. The van der Waals surface area contributed by atoms with Crippen molar-refractivity contribution in [2.45, 2.75) is 18.9 Å². The normalized spacial score (nSPS) is 14.9. The summed E-state index contributed by atoms with van der Waals surface area (Å²) in [5.41, 5.74) is 3.42. The number of benzene rings is 1. The standard InChI is InChI=1S/C22H22FN5O2/c1-28-20(21(26-27-28)15-2-5-17(23)6-3-15)9-8-18-7-4-16(14-24-18)22(29)25-19-10-12-30-13-11-19/h2-9,14,19H,10-13H2,1H3,(H,25,29)/b9-8+. The highest BCUT2D eigenvalue weighted by Crippen LogP contribution is 2.22. The topological polar surface area (TPSA) is 81.9 Å². The van der Waals surface area contributed by atoms with Gasteiger partial charge in [0.05, 0.1) is 17.0 Å². The summed E-state index contributed by atoms with van der Waals surface area (Å²) < 4.78 is 20.2. The largest absolute Gasteiger partial charge is 0.381 e. The van der Waals surface area contributed by atoms with Crippen molar-refractivity contribution in [3.63, 3.8) is 0 Å². The van der Waals surface area contributed by atoms with Crippen LogP contribution in [0, 0.1) is 5.82 Å². The molecule has 0 saturated carbocycles. The van der Waals surface area contributed by atoms with Gasteiger partial charge in [0.25, 0.3) is 5.91 Å². The summed E-state index contributed by atoms with van der Waals surface area (Å²) in [5, 5.41) is 11.3. The number of nitrogens with zero attached hydrogens (tertiary/aromatic N) is 4. The van der Waals surface area contributed by atoms with E-state index in [0.717, 1.165) is 24.1 Å². The number of aromatic nitrogens is 4. The molecule has 4 rings (SSSR count). The van der Waals surface area contributed by atoms with E-state index in [1.807, 2.05) is 12.2 Å². The summed E-state index contributed by atoms with van der Waals surface area (Å²) in [5.74, 6) is -0.427. The Kier molecular flexibility index (Phi) is 5.94. The van der Waals surface area contributed by atoms with Crippen LogP contribution in [0.1, 0.15) is 34.6 Å². The van der Waals surface area contributed by atoms with Crippen molar-refractivity contribution in [1.29, 1.82) is 0 Å². The zero-order valence-electron chi connectivity index (χ0n) is 16.6. The van der Waals surface area contributed by atoms with E-state index in [-0.39, 0.29) is 17.8 Å². The Morgan fingerprint density at radius 3 is 2.63 bits per heavy atom. The molecule has 0 aliphatic carbocycles. The first-order chi connectivity index (χ1) is 14.6. The number of amides is 1. The molecular weight excluding hydrogens is 385 g/mol. The number of carbonyl (C=O) groups excluding carboxylic acids is 1. The molecule has 1 aliphatic heterocycles. The molecule has 1 amide bonds. The number of nitrogens with one attached hydrogen (secondary N) is 1. The molecule has 1 aliphatic rings.